The average molecular weight is 413 g/mol. The fourth-order valence-electron chi connectivity index (χ4n) is 4.24. The van der Waals surface area contributed by atoms with E-state index < -0.39 is 0 Å². The Labute approximate surface area is 179 Å². The van der Waals surface area contributed by atoms with E-state index in [1.807, 2.05) is 48.5 Å². The largest absolute Gasteiger partial charge is 0.419 e. The third-order valence-electron chi connectivity index (χ3n) is 5.72. The molecular formula is C25H23N3O3. The van der Waals surface area contributed by atoms with Crippen molar-refractivity contribution in [3.8, 4) is 0 Å². The van der Waals surface area contributed by atoms with Crippen molar-refractivity contribution >= 4 is 34.1 Å². The van der Waals surface area contributed by atoms with Crippen LogP contribution >= 0.6 is 0 Å². The quantitative estimate of drug-likeness (QED) is 0.497. The fourth-order valence-corrected chi connectivity index (χ4v) is 4.24. The monoisotopic (exact) mass is 413 g/mol. The summed E-state index contributed by atoms with van der Waals surface area (Å²) >= 11 is 0. The summed E-state index contributed by atoms with van der Waals surface area (Å²) in [5.41, 5.74) is 5.63. The van der Waals surface area contributed by atoms with Gasteiger partial charge in [0, 0.05) is 25.2 Å². The zero-order valence-corrected chi connectivity index (χ0v) is 17.1. The van der Waals surface area contributed by atoms with Gasteiger partial charge < -0.3 is 14.6 Å². The number of fused-ring (bicyclic) bond motifs is 2. The van der Waals surface area contributed by atoms with E-state index in [0.29, 0.717) is 25.0 Å². The van der Waals surface area contributed by atoms with E-state index in [2.05, 4.69) is 28.4 Å². The number of oxazole rings is 1. The van der Waals surface area contributed by atoms with Crippen LogP contribution in [0.15, 0.2) is 82.0 Å². The molecule has 1 aromatic heterocycles. The summed E-state index contributed by atoms with van der Waals surface area (Å²) in [7, 11) is 0. The minimum Gasteiger partial charge on any atom is -0.408 e. The topological polar surface area (TPSA) is 67.5 Å². The second-order valence-corrected chi connectivity index (χ2v) is 7.69. The van der Waals surface area contributed by atoms with Gasteiger partial charge in [-0.3, -0.25) is 9.36 Å². The standard InChI is InChI=1S/C25H23N3O3/c29-24(14-7-16-28-22-12-5-6-13-23(22)31-25(28)30)26-19-9-2-4-11-21(19)27-17-15-18-8-1-3-10-20(18)27/h1-6,8-13H,7,14-17H2,(H,26,29). The lowest BCUT2D eigenvalue weighted by Crippen LogP contribution is -2.19. The summed E-state index contributed by atoms with van der Waals surface area (Å²) in [6.07, 6.45) is 1.85. The van der Waals surface area contributed by atoms with Crippen LogP contribution in [-0.2, 0) is 17.8 Å². The molecule has 3 aromatic carbocycles. The Morgan fingerprint density at radius 2 is 1.68 bits per heavy atom. The molecule has 0 radical (unpaired) electrons. The number of rotatable bonds is 6. The van der Waals surface area contributed by atoms with E-state index in [0.717, 1.165) is 29.9 Å². The molecule has 0 spiro atoms. The van der Waals surface area contributed by atoms with Crippen LogP contribution < -0.4 is 16.0 Å². The summed E-state index contributed by atoms with van der Waals surface area (Å²) in [5, 5.41) is 3.06. The number of carbonyl (C=O) groups is 1. The number of aromatic nitrogens is 1. The fraction of sp³-hybridized carbons (Fsp3) is 0.200. The molecule has 1 aliphatic heterocycles. The van der Waals surface area contributed by atoms with Crippen LogP contribution in [0, 0.1) is 0 Å². The molecular weight excluding hydrogens is 390 g/mol. The number of carbonyl (C=O) groups excluding carboxylic acids is 1. The SMILES string of the molecule is O=C(CCCn1c(=O)oc2ccccc21)Nc1ccccc1N1CCc2ccccc21. The van der Waals surface area contributed by atoms with Crippen molar-refractivity contribution in [1.29, 1.82) is 0 Å². The summed E-state index contributed by atoms with van der Waals surface area (Å²) in [6.45, 7) is 1.33. The highest BCUT2D eigenvalue weighted by Gasteiger charge is 2.22. The molecule has 5 rings (SSSR count). The van der Waals surface area contributed by atoms with Gasteiger partial charge in [-0.15, -0.1) is 0 Å². The van der Waals surface area contributed by atoms with Crippen LogP contribution in [0.1, 0.15) is 18.4 Å². The Balaban J connectivity index is 1.27. The molecule has 0 saturated heterocycles. The first kappa shape index (κ1) is 19.2. The number of hydrogen-bond acceptors (Lipinski definition) is 4. The van der Waals surface area contributed by atoms with Crippen LogP contribution in [-0.4, -0.2) is 17.0 Å². The second kappa shape index (κ2) is 8.14. The molecule has 0 aliphatic carbocycles. The summed E-state index contributed by atoms with van der Waals surface area (Å²) < 4.78 is 6.84. The molecule has 0 saturated carbocycles. The highest BCUT2D eigenvalue weighted by molar-refractivity contribution is 5.95. The number of amides is 1. The zero-order chi connectivity index (χ0) is 21.2. The lowest BCUT2D eigenvalue weighted by molar-refractivity contribution is -0.116. The molecule has 1 aliphatic rings. The molecule has 0 atom stereocenters. The van der Waals surface area contributed by atoms with Crippen molar-refractivity contribution in [2.24, 2.45) is 0 Å². The van der Waals surface area contributed by atoms with Crippen LogP contribution in [0.4, 0.5) is 17.1 Å². The van der Waals surface area contributed by atoms with Crippen LogP contribution in [0.2, 0.25) is 0 Å². The van der Waals surface area contributed by atoms with Crippen molar-refractivity contribution in [3.63, 3.8) is 0 Å². The normalized spacial score (nSPS) is 12.8. The van der Waals surface area contributed by atoms with E-state index in [-0.39, 0.29) is 11.7 Å². The summed E-state index contributed by atoms with van der Waals surface area (Å²) in [4.78, 5) is 27.0. The highest BCUT2D eigenvalue weighted by atomic mass is 16.4. The zero-order valence-electron chi connectivity index (χ0n) is 17.1. The lowest BCUT2D eigenvalue weighted by Gasteiger charge is -2.23. The third-order valence-corrected chi connectivity index (χ3v) is 5.72. The molecule has 1 amide bonds. The maximum Gasteiger partial charge on any atom is 0.419 e. The van der Waals surface area contributed by atoms with Gasteiger partial charge in [0.05, 0.1) is 16.9 Å². The minimum atomic E-state index is -0.389. The van der Waals surface area contributed by atoms with Crippen molar-refractivity contribution in [3.05, 3.63) is 88.9 Å². The molecule has 1 N–H and O–H groups in total. The third kappa shape index (κ3) is 3.72. The van der Waals surface area contributed by atoms with E-state index in [9.17, 15) is 9.59 Å². The molecule has 6 heteroatoms. The Morgan fingerprint density at radius 1 is 0.935 bits per heavy atom. The van der Waals surface area contributed by atoms with Gasteiger partial charge in [-0.1, -0.05) is 42.5 Å². The van der Waals surface area contributed by atoms with E-state index in [1.165, 1.54) is 11.3 Å². The molecule has 0 unspecified atom stereocenters. The van der Waals surface area contributed by atoms with Gasteiger partial charge in [-0.25, -0.2) is 4.79 Å². The Morgan fingerprint density at radius 3 is 2.58 bits per heavy atom. The number of aryl methyl sites for hydroxylation is 1. The maximum absolute atomic E-state index is 12.7. The second-order valence-electron chi connectivity index (χ2n) is 7.69. The first-order valence-corrected chi connectivity index (χ1v) is 10.5. The number of anilines is 3. The number of nitrogens with one attached hydrogen (secondary N) is 1. The minimum absolute atomic E-state index is 0.0687. The molecule has 31 heavy (non-hydrogen) atoms. The van der Waals surface area contributed by atoms with E-state index in [4.69, 9.17) is 4.42 Å². The number of benzene rings is 3. The van der Waals surface area contributed by atoms with Gasteiger partial charge >= 0.3 is 5.76 Å². The predicted octanol–water partition coefficient (Wildman–Crippen LogP) is 4.71. The van der Waals surface area contributed by atoms with Crippen LogP contribution in [0.5, 0.6) is 0 Å². The Hall–Kier alpha value is -3.80. The molecule has 2 heterocycles. The van der Waals surface area contributed by atoms with Crippen LogP contribution in [0.3, 0.4) is 0 Å². The van der Waals surface area contributed by atoms with E-state index >= 15 is 0 Å². The van der Waals surface area contributed by atoms with Crippen molar-refractivity contribution < 1.29 is 9.21 Å². The van der Waals surface area contributed by atoms with Gasteiger partial charge in [0.15, 0.2) is 5.58 Å². The van der Waals surface area contributed by atoms with Gasteiger partial charge in [0.2, 0.25) is 5.91 Å². The maximum atomic E-state index is 12.7. The molecule has 156 valence electrons. The Bertz CT molecular complexity index is 1300. The molecule has 0 bridgehead atoms. The van der Waals surface area contributed by atoms with Gasteiger partial charge in [0.25, 0.3) is 0 Å². The van der Waals surface area contributed by atoms with Gasteiger partial charge in [-0.05, 0) is 48.7 Å². The van der Waals surface area contributed by atoms with Crippen molar-refractivity contribution in [2.45, 2.75) is 25.8 Å². The van der Waals surface area contributed by atoms with Gasteiger partial charge in [-0.2, -0.15) is 0 Å². The first-order valence-electron chi connectivity index (χ1n) is 10.5. The number of nitrogens with zero attached hydrogens (tertiary/aromatic N) is 2. The lowest BCUT2D eigenvalue weighted by atomic mass is 10.1. The highest BCUT2D eigenvalue weighted by Crippen LogP contribution is 2.38. The summed E-state index contributed by atoms with van der Waals surface area (Å²) in [5.74, 6) is -0.458. The van der Waals surface area contributed by atoms with Crippen molar-refractivity contribution in [2.75, 3.05) is 16.8 Å². The smallest absolute Gasteiger partial charge is 0.408 e. The van der Waals surface area contributed by atoms with E-state index in [1.54, 1.807) is 10.6 Å². The molecule has 6 nitrogen and oxygen atoms in total. The predicted molar refractivity (Wildman–Crippen MR) is 122 cm³/mol. The van der Waals surface area contributed by atoms with Crippen molar-refractivity contribution in [1.82, 2.24) is 4.57 Å². The van der Waals surface area contributed by atoms with Gasteiger partial charge in [0.1, 0.15) is 0 Å². The van der Waals surface area contributed by atoms with Crippen LogP contribution in [0.25, 0.3) is 11.1 Å². The average Bonchev–Trinajstić information content (AvgIpc) is 3.35. The number of para-hydroxylation sites is 5. The number of hydrogen-bond donors (Lipinski definition) is 1. The summed E-state index contributed by atoms with van der Waals surface area (Å²) in [6, 6.07) is 23.6. The molecule has 4 aromatic rings. The first-order chi connectivity index (χ1) is 15.2. The Kier molecular flexibility index (Phi) is 5.04. The molecule has 0 fully saturated rings.